The molecule has 0 aromatic carbocycles. The number of H-pyrrole nitrogens is 1. The Balaban J connectivity index is 2.07. The van der Waals surface area contributed by atoms with Gasteiger partial charge in [0, 0.05) is 6.04 Å². The molecule has 4 N–H and O–H groups in total. The van der Waals surface area contributed by atoms with Crippen molar-refractivity contribution in [2.45, 2.75) is 43.5 Å². The minimum absolute atomic E-state index is 0.0122. The molecule has 1 fully saturated rings. The molecule has 0 saturated heterocycles. The minimum atomic E-state index is -3.55. The van der Waals surface area contributed by atoms with Crippen molar-refractivity contribution in [1.82, 2.24) is 14.9 Å². The summed E-state index contributed by atoms with van der Waals surface area (Å²) in [6.45, 7) is 1.98. The fourth-order valence-electron chi connectivity index (χ4n) is 1.84. The number of rotatable bonds is 6. The van der Waals surface area contributed by atoms with E-state index in [-0.39, 0.29) is 16.8 Å². The lowest BCUT2D eigenvalue weighted by molar-refractivity contribution is 0.495. The van der Waals surface area contributed by atoms with Gasteiger partial charge in [-0.05, 0) is 18.8 Å². The Kier molecular flexibility index (Phi) is 3.39. The molecule has 1 aromatic heterocycles. The first-order valence-corrected chi connectivity index (χ1v) is 7.32. The van der Waals surface area contributed by atoms with Crippen molar-refractivity contribution < 1.29 is 8.42 Å². The molecule has 6 nitrogen and oxygen atoms in total. The van der Waals surface area contributed by atoms with Crippen molar-refractivity contribution in [1.29, 1.82) is 0 Å². The number of nitrogen functional groups attached to an aromatic ring is 1. The second-order valence-electron chi connectivity index (χ2n) is 4.55. The van der Waals surface area contributed by atoms with Gasteiger partial charge in [-0.3, -0.25) is 5.10 Å². The number of nitrogens with zero attached hydrogens (tertiary/aromatic N) is 1. The van der Waals surface area contributed by atoms with Gasteiger partial charge in [0.25, 0.3) is 0 Å². The molecule has 1 unspecified atom stereocenters. The maximum Gasteiger partial charge on any atom is 0.246 e. The van der Waals surface area contributed by atoms with Crippen molar-refractivity contribution in [2.75, 3.05) is 5.73 Å². The van der Waals surface area contributed by atoms with E-state index in [2.05, 4.69) is 14.9 Å². The van der Waals surface area contributed by atoms with E-state index >= 15 is 0 Å². The molecule has 2 rings (SSSR count). The molecule has 0 bridgehead atoms. The van der Waals surface area contributed by atoms with Gasteiger partial charge < -0.3 is 5.73 Å². The van der Waals surface area contributed by atoms with E-state index in [1.54, 1.807) is 0 Å². The van der Waals surface area contributed by atoms with Crippen LogP contribution in [0.15, 0.2) is 11.1 Å². The van der Waals surface area contributed by atoms with Crippen molar-refractivity contribution in [3.63, 3.8) is 0 Å². The fraction of sp³-hybridized carbons (Fsp3) is 0.700. The smallest absolute Gasteiger partial charge is 0.246 e. The molecule has 1 saturated carbocycles. The highest BCUT2D eigenvalue weighted by Crippen LogP contribution is 2.34. The zero-order valence-electron chi connectivity index (χ0n) is 9.81. The van der Waals surface area contributed by atoms with E-state index in [0.717, 1.165) is 12.8 Å². The first-order valence-electron chi connectivity index (χ1n) is 5.84. The third-order valence-corrected chi connectivity index (χ3v) is 4.60. The predicted molar refractivity (Wildman–Crippen MR) is 64.7 cm³/mol. The number of aromatic amines is 1. The van der Waals surface area contributed by atoms with E-state index in [9.17, 15) is 8.42 Å². The Morgan fingerprint density at radius 1 is 1.65 bits per heavy atom. The molecular weight excluding hydrogens is 240 g/mol. The Hall–Kier alpha value is -1.08. The van der Waals surface area contributed by atoms with Crippen LogP contribution >= 0.6 is 0 Å². The monoisotopic (exact) mass is 258 g/mol. The van der Waals surface area contributed by atoms with E-state index < -0.39 is 10.0 Å². The van der Waals surface area contributed by atoms with Crippen LogP contribution in [-0.4, -0.2) is 24.7 Å². The zero-order chi connectivity index (χ0) is 12.5. The van der Waals surface area contributed by atoms with E-state index in [4.69, 9.17) is 5.73 Å². The van der Waals surface area contributed by atoms with Crippen LogP contribution < -0.4 is 10.5 Å². The van der Waals surface area contributed by atoms with E-state index in [0.29, 0.717) is 5.92 Å². The summed E-state index contributed by atoms with van der Waals surface area (Å²) >= 11 is 0. The molecule has 0 radical (unpaired) electrons. The normalized spacial score (nSPS) is 18.2. The highest BCUT2D eigenvalue weighted by atomic mass is 32.2. The largest absolute Gasteiger partial charge is 0.383 e. The van der Waals surface area contributed by atoms with Crippen LogP contribution in [0, 0.1) is 5.92 Å². The highest BCUT2D eigenvalue weighted by Gasteiger charge is 2.28. The molecule has 1 aromatic rings. The first kappa shape index (κ1) is 12.4. The molecule has 0 spiro atoms. The topological polar surface area (TPSA) is 101 Å². The Morgan fingerprint density at radius 3 is 2.82 bits per heavy atom. The third kappa shape index (κ3) is 2.98. The Labute approximate surface area is 101 Å². The van der Waals surface area contributed by atoms with Crippen LogP contribution in [0.5, 0.6) is 0 Å². The van der Waals surface area contributed by atoms with Gasteiger partial charge in [-0.25, -0.2) is 13.1 Å². The lowest BCUT2D eigenvalue weighted by atomic mass is 10.1. The summed E-state index contributed by atoms with van der Waals surface area (Å²) in [5.41, 5.74) is 5.52. The average Bonchev–Trinajstić information content (AvgIpc) is 2.96. The van der Waals surface area contributed by atoms with Gasteiger partial charge in [-0.2, -0.15) is 5.10 Å². The maximum absolute atomic E-state index is 12.0. The lowest BCUT2D eigenvalue weighted by Crippen LogP contribution is -2.34. The summed E-state index contributed by atoms with van der Waals surface area (Å²) in [6.07, 6.45) is 5.36. The van der Waals surface area contributed by atoms with E-state index in [1.165, 1.54) is 19.0 Å². The second-order valence-corrected chi connectivity index (χ2v) is 6.24. The maximum atomic E-state index is 12.0. The molecule has 1 atom stereocenters. The van der Waals surface area contributed by atoms with Crippen molar-refractivity contribution in [3.8, 4) is 0 Å². The van der Waals surface area contributed by atoms with Crippen molar-refractivity contribution >= 4 is 15.8 Å². The van der Waals surface area contributed by atoms with Crippen LogP contribution in [0.25, 0.3) is 0 Å². The van der Waals surface area contributed by atoms with Gasteiger partial charge in [0.05, 0.1) is 6.20 Å². The quantitative estimate of drug-likeness (QED) is 0.704. The molecular formula is C10H18N4O2S. The first-order chi connectivity index (χ1) is 8.03. The summed E-state index contributed by atoms with van der Waals surface area (Å²) in [6, 6.07) is -0.0122. The van der Waals surface area contributed by atoms with Crippen LogP contribution in [-0.2, 0) is 10.0 Å². The molecule has 0 amide bonds. The third-order valence-electron chi connectivity index (χ3n) is 3.05. The predicted octanol–water partition coefficient (Wildman–Crippen LogP) is 0.849. The number of hydrogen-bond donors (Lipinski definition) is 3. The zero-order valence-corrected chi connectivity index (χ0v) is 10.6. The van der Waals surface area contributed by atoms with Crippen LogP contribution in [0.4, 0.5) is 5.82 Å². The van der Waals surface area contributed by atoms with Crippen LogP contribution in [0.2, 0.25) is 0 Å². The van der Waals surface area contributed by atoms with Crippen LogP contribution in [0.1, 0.15) is 32.6 Å². The van der Waals surface area contributed by atoms with E-state index in [1.807, 2.05) is 6.92 Å². The lowest BCUT2D eigenvalue weighted by Gasteiger charge is -2.16. The average molecular weight is 258 g/mol. The van der Waals surface area contributed by atoms with Gasteiger partial charge >= 0.3 is 0 Å². The number of sulfonamides is 1. The number of aromatic nitrogens is 2. The van der Waals surface area contributed by atoms with Gasteiger partial charge in [-0.15, -0.1) is 0 Å². The standard InChI is InChI=1S/C10H18N4O2S/c1-2-8(5-7-3-4-7)14-17(15,16)9-6-12-13-10(9)11/h6-8,14H,2-5H2,1H3,(H3,11,12,13). The van der Waals surface area contributed by atoms with Gasteiger partial charge in [0.2, 0.25) is 10.0 Å². The van der Waals surface area contributed by atoms with Gasteiger partial charge in [-0.1, -0.05) is 19.8 Å². The Bertz CT molecular complexity index is 478. The number of anilines is 1. The van der Waals surface area contributed by atoms with Gasteiger partial charge in [0.1, 0.15) is 10.7 Å². The van der Waals surface area contributed by atoms with Crippen molar-refractivity contribution in [2.24, 2.45) is 5.92 Å². The summed E-state index contributed by atoms with van der Waals surface area (Å²) in [5, 5.41) is 6.05. The molecule has 96 valence electrons. The SMILES string of the molecule is CCC(CC1CC1)NS(=O)(=O)c1cn[nH]c1N. The minimum Gasteiger partial charge on any atom is -0.383 e. The molecule has 1 heterocycles. The molecule has 1 aliphatic carbocycles. The number of nitrogens with two attached hydrogens (primary N) is 1. The number of hydrogen-bond acceptors (Lipinski definition) is 4. The van der Waals surface area contributed by atoms with Crippen molar-refractivity contribution in [3.05, 3.63) is 6.20 Å². The summed E-state index contributed by atoms with van der Waals surface area (Å²) in [4.78, 5) is 0.0340. The highest BCUT2D eigenvalue weighted by molar-refractivity contribution is 7.89. The molecule has 17 heavy (non-hydrogen) atoms. The Morgan fingerprint density at radius 2 is 2.35 bits per heavy atom. The van der Waals surface area contributed by atoms with Gasteiger partial charge in [0.15, 0.2) is 0 Å². The summed E-state index contributed by atoms with van der Waals surface area (Å²) in [7, 11) is -3.55. The molecule has 7 heteroatoms. The fourth-order valence-corrected chi connectivity index (χ4v) is 3.19. The molecule has 1 aliphatic rings. The second kappa shape index (κ2) is 4.66. The number of nitrogens with one attached hydrogen (secondary N) is 2. The molecule has 0 aliphatic heterocycles. The van der Waals surface area contributed by atoms with Crippen LogP contribution in [0.3, 0.4) is 0 Å². The summed E-state index contributed by atoms with van der Waals surface area (Å²) in [5.74, 6) is 0.767. The summed E-state index contributed by atoms with van der Waals surface area (Å²) < 4.78 is 26.8.